The van der Waals surface area contributed by atoms with Gasteiger partial charge in [0.1, 0.15) is 16.0 Å². The van der Waals surface area contributed by atoms with Crippen molar-refractivity contribution in [2.75, 3.05) is 7.11 Å². The number of nitrogens with two attached hydrogens (primary N) is 1. The minimum absolute atomic E-state index is 0.203. The fourth-order valence-corrected chi connectivity index (χ4v) is 1.92. The monoisotopic (exact) mass is 245 g/mol. The van der Waals surface area contributed by atoms with Crippen molar-refractivity contribution in [1.82, 2.24) is 0 Å². The van der Waals surface area contributed by atoms with E-state index in [0.29, 0.717) is 16.8 Å². The van der Waals surface area contributed by atoms with Gasteiger partial charge in [-0.1, -0.05) is 0 Å². The smallest absolute Gasteiger partial charge is 0.141 e. The zero-order valence-corrected chi connectivity index (χ0v) is 9.18. The number of benzene rings is 1. The highest BCUT2D eigenvalue weighted by atomic mass is 79.9. The normalized spacial score (nSPS) is 10.2. The fraction of sp³-hybridized carbons (Fsp3) is 0.333. The first-order chi connectivity index (χ1) is 6.11. The number of phenols is 1. The lowest BCUT2D eigenvalue weighted by molar-refractivity contribution is 0.398. The maximum absolute atomic E-state index is 9.57. The molecule has 0 spiro atoms. The van der Waals surface area contributed by atoms with E-state index in [-0.39, 0.29) is 5.75 Å². The lowest BCUT2D eigenvalue weighted by atomic mass is 10.1. The molecule has 0 radical (unpaired) electrons. The van der Waals surface area contributed by atoms with Gasteiger partial charge in [0.15, 0.2) is 0 Å². The van der Waals surface area contributed by atoms with Gasteiger partial charge in [0.25, 0.3) is 0 Å². The van der Waals surface area contributed by atoms with Crippen LogP contribution in [0.2, 0.25) is 0 Å². The number of hydrogen-bond acceptors (Lipinski definition) is 3. The minimum atomic E-state index is 0.203. The Morgan fingerprint density at radius 3 is 2.69 bits per heavy atom. The third-order valence-corrected chi connectivity index (χ3v) is 2.62. The first kappa shape index (κ1) is 10.3. The quantitative estimate of drug-likeness (QED) is 0.838. The summed E-state index contributed by atoms with van der Waals surface area (Å²) in [7, 11) is 1.55. The highest BCUT2D eigenvalue weighted by Gasteiger charge is 2.12. The first-order valence-corrected chi connectivity index (χ1v) is 4.66. The van der Waals surface area contributed by atoms with Gasteiger partial charge in [-0.2, -0.15) is 0 Å². The largest absolute Gasteiger partial charge is 0.506 e. The molecule has 1 aromatic carbocycles. The molecule has 0 atom stereocenters. The van der Waals surface area contributed by atoms with Gasteiger partial charge in [-0.3, -0.25) is 0 Å². The van der Waals surface area contributed by atoms with Gasteiger partial charge >= 0.3 is 0 Å². The molecule has 0 amide bonds. The summed E-state index contributed by atoms with van der Waals surface area (Å²) in [5.74, 6) is 0.805. The summed E-state index contributed by atoms with van der Waals surface area (Å²) < 4.78 is 5.68. The molecule has 1 aromatic rings. The van der Waals surface area contributed by atoms with Crippen LogP contribution in [-0.2, 0) is 6.54 Å². The van der Waals surface area contributed by atoms with Crippen molar-refractivity contribution < 1.29 is 9.84 Å². The third kappa shape index (κ3) is 1.78. The molecule has 0 bridgehead atoms. The maximum atomic E-state index is 9.57. The molecule has 13 heavy (non-hydrogen) atoms. The molecule has 1 rings (SSSR count). The van der Waals surface area contributed by atoms with Crippen molar-refractivity contribution in [1.29, 1.82) is 0 Å². The van der Waals surface area contributed by atoms with Crippen LogP contribution in [0.3, 0.4) is 0 Å². The Kier molecular flexibility index (Phi) is 3.17. The summed E-state index contributed by atoms with van der Waals surface area (Å²) in [5, 5.41) is 9.57. The fourth-order valence-electron chi connectivity index (χ4n) is 1.19. The number of rotatable bonds is 2. The molecule has 3 N–H and O–H groups in total. The molecule has 0 saturated heterocycles. The van der Waals surface area contributed by atoms with Crippen LogP contribution in [-0.4, -0.2) is 12.2 Å². The van der Waals surface area contributed by atoms with Gasteiger partial charge in [-0.25, -0.2) is 0 Å². The molecular formula is C9H12BrNO2. The topological polar surface area (TPSA) is 55.5 Å². The number of phenolic OH excluding ortho intramolecular Hbond substituents is 1. The van der Waals surface area contributed by atoms with Gasteiger partial charge < -0.3 is 15.6 Å². The zero-order chi connectivity index (χ0) is 10.0. The SMILES string of the molecule is COc1c(CN)cc(C)c(O)c1Br. The van der Waals surface area contributed by atoms with Crippen LogP contribution in [0.15, 0.2) is 10.5 Å². The summed E-state index contributed by atoms with van der Waals surface area (Å²) >= 11 is 3.25. The summed E-state index contributed by atoms with van der Waals surface area (Å²) in [5.41, 5.74) is 7.20. The van der Waals surface area contributed by atoms with E-state index in [2.05, 4.69) is 15.9 Å². The van der Waals surface area contributed by atoms with Crippen LogP contribution < -0.4 is 10.5 Å². The molecule has 0 unspecified atom stereocenters. The third-order valence-electron chi connectivity index (χ3n) is 1.89. The number of aryl methyl sites for hydroxylation is 1. The molecular weight excluding hydrogens is 234 g/mol. The molecule has 4 heteroatoms. The van der Waals surface area contributed by atoms with E-state index in [1.54, 1.807) is 7.11 Å². The Labute approximate surface area is 85.6 Å². The summed E-state index contributed by atoms with van der Waals surface area (Å²) in [6.07, 6.45) is 0. The van der Waals surface area contributed by atoms with E-state index < -0.39 is 0 Å². The molecule has 0 aliphatic carbocycles. The standard InChI is InChI=1S/C9H12BrNO2/c1-5-3-6(4-11)9(13-2)7(10)8(5)12/h3,12H,4,11H2,1-2H3. The van der Waals surface area contributed by atoms with Crippen LogP contribution >= 0.6 is 15.9 Å². The summed E-state index contributed by atoms with van der Waals surface area (Å²) in [6.45, 7) is 2.21. The number of halogens is 1. The molecule has 0 aliphatic rings. The van der Waals surface area contributed by atoms with Gasteiger partial charge in [0.2, 0.25) is 0 Å². The average molecular weight is 246 g/mol. The van der Waals surface area contributed by atoms with Crippen LogP contribution in [0, 0.1) is 6.92 Å². The molecule has 0 saturated carbocycles. The van der Waals surface area contributed by atoms with Crippen molar-refractivity contribution in [2.24, 2.45) is 5.73 Å². The Bertz CT molecular complexity index is 326. The molecule has 0 aromatic heterocycles. The number of aromatic hydroxyl groups is 1. The van der Waals surface area contributed by atoms with Crippen molar-refractivity contribution in [2.45, 2.75) is 13.5 Å². The number of hydrogen-bond donors (Lipinski definition) is 2. The Balaban J connectivity index is 3.39. The highest BCUT2D eigenvalue weighted by Crippen LogP contribution is 2.38. The molecule has 0 heterocycles. The lowest BCUT2D eigenvalue weighted by Crippen LogP contribution is -2.01. The second-order valence-corrected chi connectivity index (χ2v) is 3.55. The minimum Gasteiger partial charge on any atom is -0.506 e. The van der Waals surface area contributed by atoms with Crippen LogP contribution in [0.4, 0.5) is 0 Å². The first-order valence-electron chi connectivity index (χ1n) is 3.86. The second-order valence-electron chi connectivity index (χ2n) is 2.75. The molecule has 0 fully saturated rings. The highest BCUT2D eigenvalue weighted by molar-refractivity contribution is 9.10. The predicted octanol–water partition coefficient (Wildman–Crippen LogP) is 1.93. The van der Waals surface area contributed by atoms with Crippen LogP contribution in [0.5, 0.6) is 11.5 Å². The lowest BCUT2D eigenvalue weighted by Gasteiger charge is -2.12. The maximum Gasteiger partial charge on any atom is 0.141 e. The number of ether oxygens (including phenoxy) is 1. The zero-order valence-electron chi connectivity index (χ0n) is 7.60. The van der Waals surface area contributed by atoms with Gasteiger partial charge in [-0.15, -0.1) is 0 Å². The van der Waals surface area contributed by atoms with Crippen LogP contribution in [0.1, 0.15) is 11.1 Å². The van der Waals surface area contributed by atoms with Gasteiger partial charge in [-0.05, 0) is 34.5 Å². The summed E-state index contributed by atoms with van der Waals surface area (Å²) in [4.78, 5) is 0. The average Bonchev–Trinajstić information content (AvgIpc) is 2.13. The number of methoxy groups -OCH3 is 1. The van der Waals surface area contributed by atoms with E-state index in [1.165, 1.54) is 0 Å². The van der Waals surface area contributed by atoms with Crippen molar-refractivity contribution in [3.63, 3.8) is 0 Å². The van der Waals surface area contributed by atoms with E-state index >= 15 is 0 Å². The molecule has 3 nitrogen and oxygen atoms in total. The van der Waals surface area contributed by atoms with E-state index in [9.17, 15) is 5.11 Å². The predicted molar refractivity (Wildman–Crippen MR) is 55.0 cm³/mol. The van der Waals surface area contributed by atoms with Crippen molar-refractivity contribution >= 4 is 15.9 Å². The van der Waals surface area contributed by atoms with Crippen LogP contribution in [0.25, 0.3) is 0 Å². The Hall–Kier alpha value is -0.740. The van der Waals surface area contributed by atoms with Gasteiger partial charge in [0.05, 0.1) is 7.11 Å². The van der Waals surface area contributed by atoms with Crippen molar-refractivity contribution in [3.05, 3.63) is 21.7 Å². The van der Waals surface area contributed by atoms with E-state index in [4.69, 9.17) is 10.5 Å². The summed E-state index contributed by atoms with van der Waals surface area (Å²) in [6, 6.07) is 1.82. The Morgan fingerprint density at radius 1 is 1.62 bits per heavy atom. The molecule has 72 valence electrons. The Morgan fingerprint density at radius 2 is 2.23 bits per heavy atom. The molecule has 0 aliphatic heterocycles. The second kappa shape index (κ2) is 3.98. The van der Waals surface area contributed by atoms with E-state index in [1.807, 2.05) is 13.0 Å². The van der Waals surface area contributed by atoms with Crippen molar-refractivity contribution in [3.8, 4) is 11.5 Å². The van der Waals surface area contributed by atoms with Gasteiger partial charge in [0, 0.05) is 12.1 Å². The van der Waals surface area contributed by atoms with E-state index in [0.717, 1.165) is 11.1 Å².